The van der Waals surface area contributed by atoms with Gasteiger partial charge in [-0.1, -0.05) is 13.8 Å². The van der Waals surface area contributed by atoms with Gasteiger partial charge in [0.25, 0.3) is 0 Å². The summed E-state index contributed by atoms with van der Waals surface area (Å²) in [5.41, 5.74) is 7.29. The van der Waals surface area contributed by atoms with Crippen molar-refractivity contribution in [2.75, 3.05) is 17.7 Å². The van der Waals surface area contributed by atoms with Crippen LogP contribution in [-0.2, 0) is 0 Å². The number of aromatic nitrogens is 2. The van der Waals surface area contributed by atoms with Crippen molar-refractivity contribution in [2.45, 2.75) is 19.9 Å². The Morgan fingerprint density at radius 2 is 2.11 bits per heavy atom. The summed E-state index contributed by atoms with van der Waals surface area (Å²) in [6, 6.07) is 5.47. The number of nitrogens with one attached hydrogen (secondary N) is 1. The van der Waals surface area contributed by atoms with Gasteiger partial charge < -0.3 is 16.2 Å². The van der Waals surface area contributed by atoms with Gasteiger partial charge in [0.05, 0.1) is 18.2 Å². The lowest BCUT2D eigenvalue weighted by atomic mass is 10.1. The number of benzene rings is 1. The van der Waals surface area contributed by atoms with Gasteiger partial charge in [0.2, 0.25) is 0 Å². The highest BCUT2D eigenvalue weighted by Gasteiger charge is 2.14. The van der Waals surface area contributed by atoms with Crippen molar-refractivity contribution in [3.8, 4) is 0 Å². The molecule has 1 heterocycles. The van der Waals surface area contributed by atoms with Crippen molar-refractivity contribution in [3.63, 3.8) is 0 Å². The Hall–Kier alpha value is -1.88. The lowest BCUT2D eigenvalue weighted by Gasteiger charge is -2.21. The van der Waals surface area contributed by atoms with E-state index in [0.29, 0.717) is 17.4 Å². The first-order chi connectivity index (χ1) is 8.61. The van der Waals surface area contributed by atoms with Gasteiger partial charge in [0, 0.05) is 11.1 Å². The number of rotatable bonds is 4. The SMILES string of the molecule is CC(C)[C@@H](CO)Nc1ncnc2ccc(N)cc12. The Morgan fingerprint density at radius 3 is 2.78 bits per heavy atom. The maximum Gasteiger partial charge on any atom is 0.137 e. The lowest BCUT2D eigenvalue weighted by Crippen LogP contribution is -2.29. The van der Waals surface area contributed by atoms with Crippen molar-refractivity contribution in [2.24, 2.45) is 5.92 Å². The molecule has 0 fully saturated rings. The minimum atomic E-state index is -0.0375. The van der Waals surface area contributed by atoms with Crippen LogP contribution < -0.4 is 11.1 Å². The minimum Gasteiger partial charge on any atom is -0.399 e. The topological polar surface area (TPSA) is 84.1 Å². The maximum atomic E-state index is 9.35. The summed E-state index contributed by atoms with van der Waals surface area (Å²) in [4.78, 5) is 8.42. The number of nitrogens with zero attached hydrogens (tertiary/aromatic N) is 2. The molecule has 1 aromatic carbocycles. The Morgan fingerprint density at radius 1 is 1.33 bits per heavy atom. The molecule has 0 aliphatic heterocycles. The molecule has 0 aliphatic carbocycles. The maximum absolute atomic E-state index is 9.35. The van der Waals surface area contributed by atoms with Gasteiger partial charge in [-0.05, 0) is 24.1 Å². The summed E-state index contributed by atoms with van der Waals surface area (Å²) < 4.78 is 0. The van der Waals surface area contributed by atoms with Crippen LogP contribution in [0.15, 0.2) is 24.5 Å². The predicted molar refractivity (Wildman–Crippen MR) is 73.3 cm³/mol. The van der Waals surface area contributed by atoms with Crippen LogP contribution in [0.25, 0.3) is 10.9 Å². The van der Waals surface area contributed by atoms with Crippen molar-refractivity contribution >= 4 is 22.4 Å². The van der Waals surface area contributed by atoms with Gasteiger partial charge in [-0.3, -0.25) is 0 Å². The van der Waals surface area contributed by atoms with E-state index in [-0.39, 0.29) is 12.6 Å². The number of aliphatic hydroxyl groups excluding tert-OH is 1. The third-order valence-corrected chi connectivity index (χ3v) is 2.98. The van der Waals surface area contributed by atoms with Crippen LogP contribution in [0, 0.1) is 5.92 Å². The van der Waals surface area contributed by atoms with Crippen LogP contribution in [0.5, 0.6) is 0 Å². The number of nitrogen functional groups attached to an aromatic ring is 1. The molecule has 2 aromatic rings. The second kappa shape index (κ2) is 5.18. The zero-order valence-corrected chi connectivity index (χ0v) is 10.6. The molecule has 5 heteroatoms. The Kier molecular flexibility index (Phi) is 3.62. The summed E-state index contributed by atoms with van der Waals surface area (Å²) in [6.07, 6.45) is 1.51. The minimum absolute atomic E-state index is 0.0375. The molecule has 0 saturated heterocycles. The highest BCUT2D eigenvalue weighted by atomic mass is 16.3. The monoisotopic (exact) mass is 246 g/mol. The quantitative estimate of drug-likeness (QED) is 0.714. The van der Waals surface area contributed by atoms with Crippen LogP contribution in [0.3, 0.4) is 0 Å². The highest BCUT2D eigenvalue weighted by molar-refractivity contribution is 5.91. The molecule has 5 nitrogen and oxygen atoms in total. The third-order valence-electron chi connectivity index (χ3n) is 2.98. The fourth-order valence-electron chi connectivity index (χ4n) is 1.79. The summed E-state index contributed by atoms with van der Waals surface area (Å²) in [5.74, 6) is 1.01. The first-order valence-electron chi connectivity index (χ1n) is 5.99. The number of nitrogens with two attached hydrogens (primary N) is 1. The van der Waals surface area contributed by atoms with Crippen molar-refractivity contribution in [1.82, 2.24) is 9.97 Å². The molecule has 0 radical (unpaired) electrons. The van der Waals surface area contributed by atoms with Gasteiger partial charge >= 0.3 is 0 Å². The molecule has 0 aliphatic rings. The van der Waals surface area contributed by atoms with E-state index in [0.717, 1.165) is 10.9 Å². The molecule has 0 bridgehead atoms. The largest absolute Gasteiger partial charge is 0.399 e. The van der Waals surface area contributed by atoms with Crippen LogP contribution >= 0.6 is 0 Å². The average Bonchev–Trinajstić information content (AvgIpc) is 2.35. The molecule has 4 N–H and O–H groups in total. The van der Waals surface area contributed by atoms with Gasteiger partial charge in [-0.15, -0.1) is 0 Å². The molecule has 2 rings (SSSR count). The highest BCUT2D eigenvalue weighted by Crippen LogP contribution is 2.23. The second-order valence-electron chi connectivity index (χ2n) is 4.68. The number of hydrogen-bond donors (Lipinski definition) is 3. The van der Waals surface area contributed by atoms with Crippen molar-refractivity contribution in [3.05, 3.63) is 24.5 Å². The van der Waals surface area contributed by atoms with Gasteiger partial charge in [-0.25, -0.2) is 9.97 Å². The number of aliphatic hydroxyl groups is 1. The van der Waals surface area contributed by atoms with Crippen molar-refractivity contribution < 1.29 is 5.11 Å². The van der Waals surface area contributed by atoms with Crippen LogP contribution in [-0.4, -0.2) is 27.7 Å². The molecule has 1 atom stereocenters. The van der Waals surface area contributed by atoms with Crippen LogP contribution in [0.2, 0.25) is 0 Å². The number of fused-ring (bicyclic) bond motifs is 1. The second-order valence-corrected chi connectivity index (χ2v) is 4.68. The van der Waals surface area contributed by atoms with Gasteiger partial charge in [0.15, 0.2) is 0 Å². The molecule has 0 unspecified atom stereocenters. The van der Waals surface area contributed by atoms with E-state index in [1.807, 2.05) is 32.0 Å². The normalized spacial score (nSPS) is 12.9. The molecule has 1 aromatic heterocycles. The van der Waals surface area contributed by atoms with Crippen LogP contribution in [0.1, 0.15) is 13.8 Å². The molecule has 0 spiro atoms. The van der Waals surface area contributed by atoms with Gasteiger partial charge in [0.1, 0.15) is 12.1 Å². The van der Waals surface area contributed by atoms with E-state index in [4.69, 9.17) is 5.73 Å². The van der Waals surface area contributed by atoms with E-state index in [2.05, 4.69) is 15.3 Å². The number of anilines is 2. The zero-order valence-electron chi connectivity index (χ0n) is 10.6. The van der Waals surface area contributed by atoms with Gasteiger partial charge in [-0.2, -0.15) is 0 Å². The van der Waals surface area contributed by atoms with Crippen molar-refractivity contribution in [1.29, 1.82) is 0 Å². The van der Waals surface area contributed by atoms with E-state index < -0.39 is 0 Å². The Labute approximate surface area is 106 Å². The molecule has 0 saturated carbocycles. The fraction of sp³-hybridized carbons (Fsp3) is 0.385. The third kappa shape index (κ3) is 2.51. The number of hydrogen-bond acceptors (Lipinski definition) is 5. The molecular weight excluding hydrogens is 228 g/mol. The summed E-state index contributed by atoms with van der Waals surface area (Å²) in [7, 11) is 0. The molecule has 0 amide bonds. The van der Waals surface area contributed by atoms with E-state index in [9.17, 15) is 5.11 Å². The average molecular weight is 246 g/mol. The summed E-state index contributed by atoms with van der Waals surface area (Å²) in [6.45, 7) is 4.16. The molecular formula is C13H18N4O. The first-order valence-corrected chi connectivity index (χ1v) is 5.99. The van der Waals surface area contributed by atoms with Crippen LogP contribution in [0.4, 0.5) is 11.5 Å². The Balaban J connectivity index is 2.41. The first kappa shape index (κ1) is 12.6. The summed E-state index contributed by atoms with van der Waals surface area (Å²) >= 11 is 0. The molecule has 96 valence electrons. The fourth-order valence-corrected chi connectivity index (χ4v) is 1.79. The lowest BCUT2D eigenvalue weighted by molar-refractivity contribution is 0.249. The smallest absolute Gasteiger partial charge is 0.137 e. The van der Waals surface area contributed by atoms with E-state index in [1.54, 1.807) is 0 Å². The predicted octanol–water partition coefficient (Wildman–Crippen LogP) is 1.64. The Bertz CT molecular complexity index is 542. The molecule has 18 heavy (non-hydrogen) atoms. The standard InChI is InChI=1S/C13H18N4O/c1-8(2)12(6-18)17-13-10-5-9(14)3-4-11(10)15-7-16-13/h3-5,7-8,12,18H,6,14H2,1-2H3,(H,15,16,17)/t12-/m1/s1. The summed E-state index contributed by atoms with van der Waals surface area (Å²) in [5, 5.41) is 13.5. The zero-order chi connectivity index (χ0) is 13.1. The van der Waals surface area contributed by atoms with E-state index in [1.165, 1.54) is 6.33 Å². The van der Waals surface area contributed by atoms with E-state index >= 15 is 0 Å².